The van der Waals surface area contributed by atoms with Gasteiger partial charge in [0.15, 0.2) is 0 Å². The van der Waals surface area contributed by atoms with Crippen molar-refractivity contribution in [3.05, 3.63) is 35.4 Å². The van der Waals surface area contributed by atoms with Crippen LogP contribution in [0, 0.1) is 5.92 Å². The third-order valence-corrected chi connectivity index (χ3v) is 8.30. The second-order valence-electron chi connectivity index (χ2n) is 11.4. The zero-order chi connectivity index (χ0) is 24.1. The average Bonchev–Trinajstić information content (AvgIpc) is 2.80. The first-order chi connectivity index (χ1) is 15.7. The summed E-state index contributed by atoms with van der Waals surface area (Å²) in [7, 11) is 5.43. The summed E-state index contributed by atoms with van der Waals surface area (Å²) in [6.07, 6.45) is 9.62. The van der Waals surface area contributed by atoms with Gasteiger partial charge in [0, 0.05) is 22.6 Å². The number of urea groups is 1. The van der Waals surface area contributed by atoms with E-state index in [1.165, 1.54) is 69.3 Å². The van der Waals surface area contributed by atoms with Crippen LogP contribution in [0.15, 0.2) is 24.3 Å². The molecule has 188 valence electrons. The number of piperidine rings is 1. The highest BCUT2D eigenvalue weighted by Gasteiger charge is 2.42. The number of fused-ring (bicyclic) bond motifs is 2. The molecule has 1 unspecified atom stereocenters. The van der Waals surface area contributed by atoms with Crippen molar-refractivity contribution in [2.24, 2.45) is 5.92 Å². The van der Waals surface area contributed by atoms with Gasteiger partial charge in [-0.15, -0.1) is 0 Å². The van der Waals surface area contributed by atoms with Crippen molar-refractivity contribution < 1.29 is 11.0 Å². The van der Waals surface area contributed by atoms with Gasteiger partial charge in [-0.25, -0.2) is 4.79 Å². The van der Waals surface area contributed by atoms with Gasteiger partial charge < -0.3 is 19.9 Å². The zero-order valence-electron chi connectivity index (χ0n) is 22.0. The van der Waals surface area contributed by atoms with Crippen molar-refractivity contribution in [1.82, 2.24) is 15.1 Å². The largest absolute Gasteiger partial charge is 0.379 e. The van der Waals surface area contributed by atoms with E-state index in [-0.39, 0.29) is 24.5 Å². The number of hydrogen-bond donors (Lipinski definition) is 1. The molecule has 2 atom stereocenters. The van der Waals surface area contributed by atoms with Crippen LogP contribution in [-0.4, -0.2) is 62.3 Å². The molecule has 1 saturated heterocycles. The number of carbonyl (C=O) groups excluding carboxylic acids is 1. The van der Waals surface area contributed by atoms with Crippen LogP contribution in [0.3, 0.4) is 0 Å². The molecular formula is C28H49N3O2. The average molecular weight is 460 g/mol. The number of amides is 2. The van der Waals surface area contributed by atoms with Crippen molar-refractivity contribution in [3.63, 3.8) is 0 Å². The summed E-state index contributed by atoms with van der Waals surface area (Å²) in [6.45, 7) is 10.4. The van der Waals surface area contributed by atoms with Crippen LogP contribution in [0.5, 0.6) is 0 Å². The third kappa shape index (κ3) is 6.73. The van der Waals surface area contributed by atoms with Gasteiger partial charge in [0.1, 0.15) is 0 Å². The maximum Gasteiger partial charge on any atom is 0.317 e. The molecule has 1 aromatic carbocycles. The fraction of sp³-hybridized carbons (Fsp3) is 0.750. The van der Waals surface area contributed by atoms with E-state index in [1.54, 1.807) is 4.90 Å². The Hall–Kier alpha value is -1.59. The van der Waals surface area contributed by atoms with Crippen LogP contribution in [-0.2, 0) is 10.2 Å². The van der Waals surface area contributed by atoms with Gasteiger partial charge in [-0.3, -0.25) is 0 Å². The van der Waals surface area contributed by atoms with Crippen LogP contribution in [0.2, 0.25) is 0 Å². The van der Waals surface area contributed by atoms with Gasteiger partial charge >= 0.3 is 6.03 Å². The molecule has 1 spiro atoms. The standard InChI is InChI=1S/C28H47N3O2.H2/c1-22(10-9-15-27(2,3)33-6)14-19-31-20-17-28(18-21-31)16-13-25(29-26(32)30(4)5)23-11-7-8-12-24(23)28;/h7-8,11-12,22,25H,9-10,13-21H2,1-6H3,(H,29,32);1H/t22?,25-;/m0./s1. The molecule has 3 rings (SSSR count). The normalized spacial score (nSPS) is 21.5. The number of benzene rings is 1. The highest BCUT2D eigenvalue weighted by atomic mass is 16.5. The maximum absolute atomic E-state index is 12.3. The van der Waals surface area contributed by atoms with E-state index in [0.29, 0.717) is 0 Å². The topological polar surface area (TPSA) is 44.8 Å². The second kappa shape index (κ2) is 11.2. The summed E-state index contributed by atoms with van der Waals surface area (Å²) in [5.74, 6) is 0.769. The van der Waals surface area contributed by atoms with Crippen molar-refractivity contribution in [2.45, 2.75) is 89.2 Å². The van der Waals surface area contributed by atoms with Crippen LogP contribution in [0.4, 0.5) is 4.79 Å². The van der Waals surface area contributed by atoms with Gasteiger partial charge in [-0.1, -0.05) is 44.0 Å². The Morgan fingerprint density at radius 2 is 1.94 bits per heavy atom. The molecule has 0 radical (unpaired) electrons. The molecule has 2 aliphatic rings. The van der Waals surface area contributed by atoms with Crippen LogP contribution in [0.1, 0.15) is 90.7 Å². The first kappa shape index (κ1) is 26.0. The van der Waals surface area contributed by atoms with E-state index in [1.807, 2.05) is 21.2 Å². The van der Waals surface area contributed by atoms with Crippen molar-refractivity contribution >= 4 is 6.03 Å². The molecule has 0 aromatic heterocycles. The monoisotopic (exact) mass is 459 g/mol. The first-order valence-electron chi connectivity index (χ1n) is 13.0. The predicted molar refractivity (Wildman–Crippen MR) is 139 cm³/mol. The molecular weight excluding hydrogens is 410 g/mol. The van der Waals surface area contributed by atoms with E-state index in [0.717, 1.165) is 18.8 Å². The minimum absolute atomic E-state index is 0. The summed E-state index contributed by atoms with van der Waals surface area (Å²) < 4.78 is 5.56. The molecule has 1 heterocycles. The molecule has 1 aliphatic carbocycles. The Morgan fingerprint density at radius 3 is 2.61 bits per heavy atom. The van der Waals surface area contributed by atoms with Gasteiger partial charge in [-0.05, 0) is 94.5 Å². The Kier molecular flexibility index (Phi) is 8.85. The summed E-state index contributed by atoms with van der Waals surface area (Å²) in [4.78, 5) is 16.6. The van der Waals surface area contributed by atoms with E-state index < -0.39 is 0 Å². The van der Waals surface area contributed by atoms with Crippen LogP contribution < -0.4 is 5.32 Å². The van der Waals surface area contributed by atoms with E-state index in [2.05, 4.69) is 55.3 Å². The smallest absolute Gasteiger partial charge is 0.317 e. The summed E-state index contributed by atoms with van der Waals surface area (Å²) in [6, 6.07) is 8.98. The van der Waals surface area contributed by atoms with Crippen molar-refractivity contribution in [2.75, 3.05) is 40.8 Å². The number of hydrogen-bond acceptors (Lipinski definition) is 3. The van der Waals surface area contributed by atoms with E-state index in [9.17, 15) is 4.79 Å². The minimum atomic E-state index is 0. The van der Waals surface area contributed by atoms with Crippen LogP contribution >= 0.6 is 0 Å². The molecule has 0 bridgehead atoms. The van der Waals surface area contributed by atoms with Gasteiger partial charge in [-0.2, -0.15) is 0 Å². The molecule has 5 heteroatoms. The van der Waals surface area contributed by atoms with E-state index >= 15 is 0 Å². The van der Waals surface area contributed by atoms with Gasteiger partial charge in [0.25, 0.3) is 0 Å². The molecule has 2 amide bonds. The Morgan fingerprint density at radius 1 is 1.24 bits per heavy atom. The highest BCUT2D eigenvalue weighted by molar-refractivity contribution is 5.74. The van der Waals surface area contributed by atoms with Gasteiger partial charge in [0.2, 0.25) is 0 Å². The first-order valence-corrected chi connectivity index (χ1v) is 13.0. The molecule has 1 fully saturated rings. The lowest BCUT2D eigenvalue weighted by Gasteiger charge is -2.47. The number of rotatable bonds is 9. The number of carbonyl (C=O) groups is 1. The maximum atomic E-state index is 12.3. The van der Waals surface area contributed by atoms with Crippen molar-refractivity contribution in [3.8, 4) is 0 Å². The highest BCUT2D eigenvalue weighted by Crippen LogP contribution is 2.48. The quantitative estimate of drug-likeness (QED) is 0.493. The fourth-order valence-electron chi connectivity index (χ4n) is 5.67. The number of nitrogens with one attached hydrogen (secondary N) is 1. The summed E-state index contributed by atoms with van der Waals surface area (Å²) >= 11 is 0. The molecule has 0 saturated carbocycles. The summed E-state index contributed by atoms with van der Waals surface area (Å²) in [5.41, 5.74) is 3.10. The number of methoxy groups -OCH3 is 1. The Labute approximate surface area is 203 Å². The lowest BCUT2D eigenvalue weighted by atomic mass is 9.63. The number of ether oxygens (including phenoxy) is 1. The molecule has 33 heavy (non-hydrogen) atoms. The summed E-state index contributed by atoms with van der Waals surface area (Å²) in [5, 5.41) is 3.24. The molecule has 1 N–H and O–H groups in total. The number of likely N-dealkylation sites (tertiary alicyclic amines) is 1. The zero-order valence-corrected chi connectivity index (χ0v) is 22.0. The SMILES string of the molecule is COC(C)(C)CCCC(C)CCN1CCC2(CC[C@H](NC(=O)N(C)C)c3ccccc32)CC1.[HH]. The predicted octanol–water partition coefficient (Wildman–Crippen LogP) is 5.99. The fourth-order valence-corrected chi connectivity index (χ4v) is 5.67. The number of nitrogens with zero attached hydrogens (tertiary/aromatic N) is 2. The second-order valence-corrected chi connectivity index (χ2v) is 11.4. The lowest BCUT2D eigenvalue weighted by molar-refractivity contribution is 0.0126. The lowest BCUT2D eigenvalue weighted by Crippen LogP contribution is -2.47. The third-order valence-electron chi connectivity index (χ3n) is 8.30. The van der Waals surface area contributed by atoms with E-state index in [4.69, 9.17) is 4.74 Å². The Bertz CT molecular complexity index is 775. The minimum Gasteiger partial charge on any atom is -0.379 e. The van der Waals surface area contributed by atoms with Crippen molar-refractivity contribution in [1.29, 1.82) is 0 Å². The molecule has 1 aromatic rings. The Balaban J connectivity index is 0.00000408. The molecule has 5 nitrogen and oxygen atoms in total. The van der Waals surface area contributed by atoms with Gasteiger partial charge in [0.05, 0.1) is 11.6 Å². The molecule has 1 aliphatic heterocycles. The van der Waals surface area contributed by atoms with Crippen LogP contribution in [0.25, 0.3) is 0 Å².